The molecule has 2 rings (SSSR count). The first kappa shape index (κ1) is 18.1. The summed E-state index contributed by atoms with van der Waals surface area (Å²) < 4.78 is 39.5. The first-order chi connectivity index (χ1) is 11.1. The Morgan fingerprint density at radius 3 is 2.04 bits per heavy atom. The van der Waals surface area contributed by atoms with E-state index < -0.39 is 36.1 Å². The van der Waals surface area contributed by atoms with E-state index in [-0.39, 0.29) is 17.0 Å². The third kappa shape index (κ3) is 3.99. The van der Waals surface area contributed by atoms with E-state index in [0.29, 0.717) is 0 Å². The van der Waals surface area contributed by atoms with Crippen molar-refractivity contribution in [2.45, 2.75) is 4.90 Å². The molecule has 0 saturated heterocycles. The van der Waals surface area contributed by atoms with Crippen molar-refractivity contribution >= 4 is 45.1 Å². The van der Waals surface area contributed by atoms with Crippen LogP contribution >= 0.6 is 23.2 Å². The maximum Gasteiger partial charge on any atom is 0.343 e. The third-order valence-corrected chi connectivity index (χ3v) is 4.12. The number of rotatable bonds is 4. The Morgan fingerprint density at radius 2 is 1.62 bits per heavy atom. The number of hydrogen-bond acceptors (Lipinski definition) is 6. The molecule has 0 atom stereocenters. The Kier molecular flexibility index (Phi) is 5.07. The highest BCUT2D eigenvalue weighted by atomic mass is 35.5. The molecule has 0 aliphatic rings. The average molecular weight is 394 g/mol. The number of ether oxygens (including phenoxy) is 1. The quantitative estimate of drug-likeness (QED) is 0.257. The highest BCUT2D eigenvalue weighted by molar-refractivity contribution is 7.86. The predicted molar refractivity (Wildman–Crippen MR) is 82.8 cm³/mol. The molecule has 0 bridgehead atoms. The van der Waals surface area contributed by atoms with E-state index in [1.54, 1.807) is 0 Å². The van der Waals surface area contributed by atoms with E-state index in [1.807, 2.05) is 0 Å². The largest absolute Gasteiger partial charge is 0.420 e. The zero-order valence-corrected chi connectivity index (χ0v) is 13.7. The van der Waals surface area contributed by atoms with Crippen LogP contribution in [0, 0.1) is 10.1 Å². The lowest BCUT2D eigenvalue weighted by molar-refractivity contribution is -0.384. The number of nitro groups is 1. The first-order valence-corrected chi connectivity index (χ1v) is 8.14. The lowest BCUT2D eigenvalue weighted by atomic mass is 10.2. The number of carbonyl (C=O) groups is 1. The minimum atomic E-state index is -5.03. The van der Waals surface area contributed by atoms with Crippen LogP contribution in [0.2, 0.25) is 10.0 Å². The number of benzene rings is 2. The summed E-state index contributed by atoms with van der Waals surface area (Å²) in [6, 6.07) is 5.98. The molecule has 0 radical (unpaired) electrons. The van der Waals surface area contributed by atoms with Crippen LogP contribution in [-0.2, 0) is 10.2 Å². The van der Waals surface area contributed by atoms with E-state index in [2.05, 4.69) is 0 Å². The molecule has 0 N–H and O–H groups in total. The summed E-state index contributed by atoms with van der Waals surface area (Å²) in [5.41, 5.74) is -0.255. The second-order valence-corrected chi connectivity index (χ2v) is 6.51. The first-order valence-electron chi connectivity index (χ1n) is 6.00. The summed E-state index contributed by atoms with van der Waals surface area (Å²) in [5.74, 6) is -1.31. The maximum absolute atomic E-state index is 12.9. The number of halogens is 3. The Morgan fingerprint density at radius 1 is 1.12 bits per heavy atom. The van der Waals surface area contributed by atoms with E-state index in [1.165, 1.54) is 0 Å². The van der Waals surface area contributed by atoms with Gasteiger partial charge in [-0.2, -0.15) is 8.42 Å². The van der Waals surface area contributed by atoms with Crippen LogP contribution in [0.5, 0.6) is 5.75 Å². The number of nitrogens with zero attached hydrogens (tertiary/aromatic N) is 1. The Labute approximate surface area is 144 Å². The fourth-order valence-electron chi connectivity index (χ4n) is 1.65. The van der Waals surface area contributed by atoms with Gasteiger partial charge in [-0.3, -0.25) is 10.1 Å². The van der Waals surface area contributed by atoms with E-state index in [4.69, 9.17) is 27.9 Å². The van der Waals surface area contributed by atoms with Crippen molar-refractivity contribution in [3.63, 3.8) is 0 Å². The molecule has 0 spiro atoms. The highest BCUT2D eigenvalue weighted by Gasteiger charge is 2.21. The summed E-state index contributed by atoms with van der Waals surface area (Å²) in [6.07, 6.45) is 0. The fraction of sp³-hybridized carbons (Fsp3) is 0. The predicted octanol–water partition coefficient (Wildman–Crippen LogP) is 3.78. The minimum absolute atomic E-state index is 0.0325. The van der Waals surface area contributed by atoms with E-state index >= 15 is 0 Å². The summed E-state index contributed by atoms with van der Waals surface area (Å²) in [6.45, 7) is 0. The Balaban J connectivity index is 2.30. The van der Waals surface area contributed by atoms with Gasteiger partial charge in [-0.1, -0.05) is 23.2 Å². The van der Waals surface area contributed by atoms with E-state index in [9.17, 15) is 27.2 Å². The van der Waals surface area contributed by atoms with Crippen molar-refractivity contribution in [2.75, 3.05) is 0 Å². The normalized spacial score (nSPS) is 11.1. The molecule has 126 valence electrons. The molecule has 2 aromatic rings. The van der Waals surface area contributed by atoms with Crippen molar-refractivity contribution in [3.05, 3.63) is 62.1 Å². The van der Waals surface area contributed by atoms with Gasteiger partial charge < -0.3 is 4.74 Å². The minimum Gasteiger partial charge on any atom is -0.420 e. The number of non-ortho nitro benzene ring substituents is 1. The molecule has 0 amide bonds. The summed E-state index contributed by atoms with van der Waals surface area (Å²) in [7, 11) is -5.03. The lowest BCUT2D eigenvalue weighted by Gasteiger charge is -2.09. The molecule has 0 aromatic heterocycles. The van der Waals surface area contributed by atoms with Gasteiger partial charge >= 0.3 is 16.2 Å². The van der Waals surface area contributed by atoms with Gasteiger partial charge in [0.15, 0.2) is 5.75 Å². The van der Waals surface area contributed by atoms with Crippen LogP contribution in [-0.4, -0.2) is 19.3 Å². The molecular formula is C13H6Cl2FNO6S. The monoisotopic (exact) mass is 393 g/mol. The van der Waals surface area contributed by atoms with Crippen LogP contribution in [0.1, 0.15) is 10.4 Å². The van der Waals surface area contributed by atoms with Crippen molar-refractivity contribution in [2.24, 2.45) is 0 Å². The summed E-state index contributed by atoms with van der Waals surface area (Å²) >= 11 is 11.5. The van der Waals surface area contributed by atoms with Crippen LogP contribution in [0.15, 0.2) is 41.3 Å². The molecule has 2 aromatic carbocycles. The molecule has 7 nitrogen and oxygen atoms in total. The number of esters is 1. The Bertz CT molecular complexity index is 907. The summed E-state index contributed by atoms with van der Waals surface area (Å²) in [4.78, 5) is 21.1. The molecular weight excluding hydrogens is 388 g/mol. The molecule has 11 heteroatoms. The van der Waals surface area contributed by atoms with Gasteiger partial charge in [0.05, 0.1) is 20.5 Å². The van der Waals surface area contributed by atoms with E-state index in [0.717, 1.165) is 36.4 Å². The van der Waals surface area contributed by atoms with Crippen molar-refractivity contribution in [3.8, 4) is 5.75 Å². The van der Waals surface area contributed by atoms with Gasteiger partial charge in [0.2, 0.25) is 0 Å². The van der Waals surface area contributed by atoms with Crippen LogP contribution in [0.25, 0.3) is 0 Å². The third-order valence-electron chi connectivity index (χ3n) is 2.76. The van der Waals surface area contributed by atoms with Gasteiger partial charge in [-0.15, -0.1) is 3.89 Å². The second kappa shape index (κ2) is 6.71. The lowest BCUT2D eigenvalue weighted by Crippen LogP contribution is -2.09. The second-order valence-electron chi connectivity index (χ2n) is 4.35. The van der Waals surface area contributed by atoms with Crippen LogP contribution in [0.3, 0.4) is 0 Å². The van der Waals surface area contributed by atoms with Crippen molar-refractivity contribution < 1.29 is 26.8 Å². The molecule has 0 aliphatic heterocycles. The van der Waals surface area contributed by atoms with Crippen LogP contribution < -0.4 is 4.74 Å². The molecule has 0 heterocycles. The molecule has 0 saturated carbocycles. The molecule has 0 unspecified atom stereocenters. The summed E-state index contributed by atoms with van der Waals surface area (Å²) in [5, 5.41) is 9.76. The van der Waals surface area contributed by atoms with Gasteiger partial charge in [0, 0.05) is 12.1 Å². The number of carbonyl (C=O) groups excluding carboxylic acids is 1. The number of nitro benzene ring substituents is 1. The smallest absolute Gasteiger partial charge is 0.343 e. The molecule has 24 heavy (non-hydrogen) atoms. The van der Waals surface area contributed by atoms with Gasteiger partial charge in [0.25, 0.3) is 5.69 Å². The maximum atomic E-state index is 12.9. The van der Waals surface area contributed by atoms with Gasteiger partial charge in [-0.25, -0.2) is 4.79 Å². The van der Waals surface area contributed by atoms with Gasteiger partial charge in [0.1, 0.15) is 4.90 Å². The molecule has 0 aliphatic carbocycles. The topological polar surface area (TPSA) is 104 Å². The SMILES string of the molecule is O=C(Oc1c(Cl)cc(S(=O)(=O)F)cc1Cl)c1ccc([N+](=O)[O-])cc1. The van der Waals surface area contributed by atoms with Crippen LogP contribution in [0.4, 0.5) is 9.57 Å². The zero-order valence-electron chi connectivity index (χ0n) is 11.4. The van der Waals surface area contributed by atoms with Crippen molar-refractivity contribution in [1.29, 1.82) is 0 Å². The zero-order chi connectivity index (χ0) is 18.1. The van der Waals surface area contributed by atoms with Gasteiger partial charge in [-0.05, 0) is 24.3 Å². The average Bonchev–Trinajstić information content (AvgIpc) is 2.49. The fourth-order valence-corrected chi connectivity index (χ4v) is 2.86. The Hall–Kier alpha value is -2.23. The molecule has 0 fully saturated rings. The standard InChI is InChI=1S/C13H6Cl2FNO6S/c14-10-5-9(24(16,21)22)6-11(15)12(10)23-13(18)7-1-3-8(4-2-7)17(19)20/h1-6H. The number of hydrogen-bond donors (Lipinski definition) is 0. The van der Waals surface area contributed by atoms with Crippen molar-refractivity contribution in [1.82, 2.24) is 0 Å². The highest BCUT2D eigenvalue weighted by Crippen LogP contribution is 2.36.